The molecule has 0 aromatic carbocycles. The molecule has 0 N–H and O–H groups in total. The Labute approximate surface area is 86.2 Å². The third-order valence-electron chi connectivity index (χ3n) is 3.46. The highest BCUT2D eigenvalue weighted by molar-refractivity contribution is 4.93. The second-order valence-corrected chi connectivity index (χ2v) is 4.97. The molecule has 2 fully saturated rings. The quantitative estimate of drug-likeness (QED) is 0.690. The van der Waals surface area contributed by atoms with E-state index in [0.29, 0.717) is 0 Å². The largest absolute Gasteiger partial charge is 0.377 e. The van der Waals surface area contributed by atoms with E-state index in [1.807, 2.05) is 0 Å². The van der Waals surface area contributed by atoms with Crippen molar-refractivity contribution in [1.82, 2.24) is 0 Å². The fourth-order valence-electron chi connectivity index (χ4n) is 2.20. The summed E-state index contributed by atoms with van der Waals surface area (Å²) in [6.07, 6.45) is 6.21. The Hall–Kier alpha value is -0.550. The normalized spacial score (nSPS) is 37.9. The molecule has 3 unspecified atom stereocenters. The van der Waals surface area contributed by atoms with E-state index in [1.165, 1.54) is 19.3 Å². The molecule has 0 radical (unpaired) electrons. The van der Waals surface area contributed by atoms with Gasteiger partial charge in [-0.3, -0.25) is 0 Å². The summed E-state index contributed by atoms with van der Waals surface area (Å²) in [5.74, 6) is 1.71. The van der Waals surface area contributed by atoms with Gasteiger partial charge < -0.3 is 4.74 Å². The number of nitriles is 1. The molecule has 3 atom stereocenters. The Balaban J connectivity index is 1.81. The maximum absolute atomic E-state index is 9.00. The predicted molar refractivity (Wildman–Crippen MR) is 54.6 cm³/mol. The Morgan fingerprint density at radius 2 is 2.07 bits per heavy atom. The minimum Gasteiger partial charge on any atom is -0.377 e. The first-order chi connectivity index (χ1) is 6.79. The molecule has 2 heteroatoms. The van der Waals surface area contributed by atoms with Crippen molar-refractivity contribution in [2.75, 3.05) is 6.61 Å². The van der Waals surface area contributed by atoms with E-state index in [0.717, 1.165) is 31.3 Å². The molecular weight excluding hydrogens is 174 g/mol. The smallest absolute Gasteiger partial charge is 0.0735 e. The van der Waals surface area contributed by atoms with Gasteiger partial charge in [0.15, 0.2) is 0 Å². The summed E-state index contributed by atoms with van der Waals surface area (Å²) in [6, 6.07) is 2.39. The number of hydrogen-bond acceptors (Lipinski definition) is 2. The van der Waals surface area contributed by atoms with E-state index >= 15 is 0 Å². The standard InChI is InChI=1S/C12H19NO/c1-9-2-5-11(7-13)12(6-9)14-8-10-3-4-10/h9-12H,2-6,8H2,1H3. The molecule has 0 saturated heterocycles. The molecule has 2 aliphatic rings. The van der Waals surface area contributed by atoms with E-state index in [1.54, 1.807) is 0 Å². The molecule has 0 spiro atoms. The lowest BCUT2D eigenvalue weighted by molar-refractivity contribution is -0.0120. The highest BCUT2D eigenvalue weighted by Crippen LogP contribution is 2.34. The Morgan fingerprint density at radius 1 is 1.29 bits per heavy atom. The van der Waals surface area contributed by atoms with Gasteiger partial charge in [0.1, 0.15) is 0 Å². The number of ether oxygens (including phenoxy) is 1. The summed E-state index contributed by atoms with van der Waals surface area (Å²) >= 11 is 0. The fourth-order valence-corrected chi connectivity index (χ4v) is 2.20. The summed E-state index contributed by atoms with van der Waals surface area (Å²) in [7, 11) is 0. The molecule has 14 heavy (non-hydrogen) atoms. The van der Waals surface area contributed by atoms with Gasteiger partial charge in [0, 0.05) is 6.61 Å². The lowest BCUT2D eigenvalue weighted by Gasteiger charge is -2.30. The van der Waals surface area contributed by atoms with E-state index in [-0.39, 0.29) is 12.0 Å². The Morgan fingerprint density at radius 3 is 2.71 bits per heavy atom. The van der Waals surface area contributed by atoms with Crippen LogP contribution < -0.4 is 0 Å². The Bertz CT molecular complexity index is 229. The van der Waals surface area contributed by atoms with Crippen molar-refractivity contribution in [3.8, 4) is 6.07 Å². The van der Waals surface area contributed by atoms with Crippen LogP contribution in [-0.4, -0.2) is 12.7 Å². The van der Waals surface area contributed by atoms with Crippen LogP contribution in [-0.2, 0) is 4.74 Å². The van der Waals surface area contributed by atoms with Gasteiger partial charge in [0.2, 0.25) is 0 Å². The van der Waals surface area contributed by atoms with Gasteiger partial charge in [0.25, 0.3) is 0 Å². The van der Waals surface area contributed by atoms with Crippen molar-refractivity contribution in [1.29, 1.82) is 5.26 Å². The van der Waals surface area contributed by atoms with Crippen LogP contribution in [0.3, 0.4) is 0 Å². The van der Waals surface area contributed by atoms with Gasteiger partial charge in [-0.25, -0.2) is 0 Å². The average molecular weight is 193 g/mol. The van der Waals surface area contributed by atoms with Gasteiger partial charge in [-0.2, -0.15) is 5.26 Å². The molecule has 0 aromatic heterocycles. The van der Waals surface area contributed by atoms with Crippen molar-refractivity contribution < 1.29 is 4.74 Å². The van der Waals surface area contributed by atoms with Crippen LogP contribution >= 0.6 is 0 Å². The minimum atomic E-state index is 0.157. The zero-order valence-corrected chi connectivity index (χ0v) is 8.91. The van der Waals surface area contributed by atoms with E-state index in [9.17, 15) is 0 Å². The van der Waals surface area contributed by atoms with Crippen LogP contribution in [0.1, 0.15) is 39.0 Å². The van der Waals surface area contributed by atoms with Crippen molar-refractivity contribution in [3.05, 3.63) is 0 Å². The summed E-state index contributed by atoms with van der Waals surface area (Å²) < 4.78 is 5.86. The highest BCUT2D eigenvalue weighted by Gasteiger charge is 2.31. The molecule has 0 aliphatic heterocycles. The molecule has 0 amide bonds. The van der Waals surface area contributed by atoms with Crippen LogP contribution in [0.2, 0.25) is 0 Å². The average Bonchev–Trinajstić information content (AvgIpc) is 2.98. The van der Waals surface area contributed by atoms with Gasteiger partial charge in [-0.1, -0.05) is 6.92 Å². The van der Waals surface area contributed by atoms with E-state index < -0.39 is 0 Å². The lowest BCUT2D eigenvalue weighted by atomic mass is 9.81. The number of nitrogens with zero attached hydrogens (tertiary/aromatic N) is 1. The summed E-state index contributed by atoms with van der Waals surface area (Å²) in [5.41, 5.74) is 0. The summed E-state index contributed by atoms with van der Waals surface area (Å²) in [4.78, 5) is 0. The van der Waals surface area contributed by atoms with Gasteiger partial charge in [0.05, 0.1) is 18.1 Å². The topological polar surface area (TPSA) is 33.0 Å². The molecule has 0 aromatic rings. The van der Waals surface area contributed by atoms with Crippen LogP contribution in [0.15, 0.2) is 0 Å². The second-order valence-electron chi connectivity index (χ2n) is 4.97. The van der Waals surface area contributed by atoms with Crippen molar-refractivity contribution >= 4 is 0 Å². The van der Waals surface area contributed by atoms with Crippen molar-refractivity contribution in [2.45, 2.75) is 45.1 Å². The summed E-state index contributed by atoms with van der Waals surface area (Å²) in [5, 5.41) is 9.00. The number of hydrogen-bond donors (Lipinski definition) is 0. The maximum atomic E-state index is 9.00. The maximum Gasteiger partial charge on any atom is 0.0735 e. The first-order valence-corrected chi connectivity index (χ1v) is 5.81. The molecule has 78 valence electrons. The van der Waals surface area contributed by atoms with Gasteiger partial charge >= 0.3 is 0 Å². The molecule has 2 saturated carbocycles. The van der Waals surface area contributed by atoms with Crippen molar-refractivity contribution in [3.63, 3.8) is 0 Å². The monoisotopic (exact) mass is 193 g/mol. The van der Waals surface area contributed by atoms with Gasteiger partial charge in [-0.05, 0) is 43.9 Å². The second kappa shape index (κ2) is 4.31. The molecule has 0 bridgehead atoms. The third-order valence-corrected chi connectivity index (χ3v) is 3.46. The molecule has 0 heterocycles. The van der Waals surface area contributed by atoms with Crippen LogP contribution in [0.5, 0.6) is 0 Å². The van der Waals surface area contributed by atoms with Crippen LogP contribution in [0, 0.1) is 29.1 Å². The zero-order chi connectivity index (χ0) is 9.97. The van der Waals surface area contributed by atoms with Gasteiger partial charge in [-0.15, -0.1) is 0 Å². The first-order valence-electron chi connectivity index (χ1n) is 5.81. The SMILES string of the molecule is CC1CCC(C#N)C(OCC2CC2)C1. The van der Waals surface area contributed by atoms with E-state index in [4.69, 9.17) is 10.00 Å². The number of rotatable bonds is 3. The molecule has 2 nitrogen and oxygen atoms in total. The van der Waals surface area contributed by atoms with Crippen LogP contribution in [0.25, 0.3) is 0 Å². The zero-order valence-electron chi connectivity index (χ0n) is 8.91. The van der Waals surface area contributed by atoms with E-state index in [2.05, 4.69) is 13.0 Å². The van der Waals surface area contributed by atoms with Crippen molar-refractivity contribution in [2.24, 2.45) is 17.8 Å². The molecular formula is C12H19NO. The summed E-state index contributed by atoms with van der Waals surface area (Å²) in [6.45, 7) is 3.16. The molecule has 2 aliphatic carbocycles. The predicted octanol–water partition coefficient (Wildman–Crippen LogP) is 2.74. The van der Waals surface area contributed by atoms with Crippen LogP contribution in [0.4, 0.5) is 0 Å². The highest BCUT2D eigenvalue weighted by atomic mass is 16.5. The molecule has 2 rings (SSSR count). The first kappa shape index (κ1) is 9.98. The Kier molecular flexibility index (Phi) is 3.08. The minimum absolute atomic E-state index is 0.157. The third kappa shape index (κ3) is 2.48. The lowest BCUT2D eigenvalue weighted by Crippen LogP contribution is -2.30. The fraction of sp³-hybridized carbons (Fsp3) is 0.917.